The van der Waals surface area contributed by atoms with Gasteiger partial charge in [0.25, 0.3) is 10.0 Å². The molecular formula is C18H23NO4S. The van der Waals surface area contributed by atoms with E-state index in [1.54, 1.807) is 30.3 Å². The number of aryl methyl sites for hydroxylation is 1. The second kappa shape index (κ2) is 8.06. The van der Waals surface area contributed by atoms with Crippen molar-refractivity contribution >= 4 is 15.7 Å². The third kappa shape index (κ3) is 4.41. The molecule has 24 heavy (non-hydrogen) atoms. The van der Waals surface area contributed by atoms with Gasteiger partial charge in [0.15, 0.2) is 0 Å². The predicted octanol–water partition coefficient (Wildman–Crippen LogP) is 3.85. The molecule has 6 heteroatoms. The average Bonchev–Trinajstić information content (AvgIpc) is 2.57. The van der Waals surface area contributed by atoms with E-state index in [4.69, 9.17) is 9.47 Å². The topological polar surface area (TPSA) is 64.6 Å². The van der Waals surface area contributed by atoms with Gasteiger partial charge in [0.05, 0.1) is 23.8 Å². The van der Waals surface area contributed by atoms with Gasteiger partial charge in [-0.25, -0.2) is 8.42 Å². The first-order chi connectivity index (χ1) is 11.5. The van der Waals surface area contributed by atoms with Crippen molar-refractivity contribution < 1.29 is 17.9 Å². The van der Waals surface area contributed by atoms with E-state index in [1.165, 1.54) is 0 Å². The van der Waals surface area contributed by atoms with Gasteiger partial charge in [-0.3, -0.25) is 4.72 Å². The predicted molar refractivity (Wildman–Crippen MR) is 95.4 cm³/mol. The highest BCUT2D eigenvalue weighted by atomic mass is 32.2. The van der Waals surface area contributed by atoms with Crippen LogP contribution < -0.4 is 14.2 Å². The van der Waals surface area contributed by atoms with Crippen LogP contribution >= 0.6 is 0 Å². The van der Waals surface area contributed by atoms with Crippen LogP contribution in [0.15, 0.2) is 47.4 Å². The lowest BCUT2D eigenvalue weighted by Gasteiger charge is -2.14. The zero-order valence-electron chi connectivity index (χ0n) is 14.2. The lowest BCUT2D eigenvalue weighted by Crippen LogP contribution is -2.14. The SMILES string of the molecule is CCOc1ccc(OCC)c(NS(=O)(=O)c2ccc(CC)cc2)c1. The maximum atomic E-state index is 12.6. The van der Waals surface area contributed by atoms with Gasteiger partial charge in [0.1, 0.15) is 11.5 Å². The van der Waals surface area contributed by atoms with Crippen molar-refractivity contribution in [2.75, 3.05) is 17.9 Å². The molecule has 0 amide bonds. The summed E-state index contributed by atoms with van der Waals surface area (Å²) in [7, 11) is -3.70. The fourth-order valence-electron chi connectivity index (χ4n) is 2.23. The summed E-state index contributed by atoms with van der Waals surface area (Å²) in [5.41, 5.74) is 1.45. The average molecular weight is 349 g/mol. The monoisotopic (exact) mass is 349 g/mol. The van der Waals surface area contributed by atoms with Crippen molar-refractivity contribution in [2.45, 2.75) is 32.1 Å². The summed E-state index contributed by atoms with van der Waals surface area (Å²) in [5, 5.41) is 0. The summed E-state index contributed by atoms with van der Waals surface area (Å²) in [6.45, 7) is 6.68. The quantitative estimate of drug-likeness (QED) is 0.786. The molecule has 2 rings (SSSR count). The third-order valence-electron chi connectivity index (χ3n) is 3.45. The minimum absolute atomic E-state index is 0.212. The Kier molecular flexibility index (Phi) is 6.09. The van der Waals surface area contributed by atoms with Gasteiger partial charge in [0, 0.05) is 6.07 Å². The van der Waals surface area contributed by atoms with E-state index in [1.807, 2.05) is 32.9 Å². The summed E-state index contributed by atoms with van der Waals surface area (Å²) < 4.78 is 38.8. The molecule has 130 valence electrons. The lowest BCUT2D eigenvalue weighted by molar-refractivity contribution is 0.332. The Hall–Kier alpha value is -2.21. The Morgan fingerprint density at radius 3 is 2.17 bits per heavy atom. The summed E-state index contributed by atoms with van der Waals surface area (Å²) in [4.78, 5) is 0.212. The Morgan fingerprint density at radius 2 is 1.58 bits per heavy atom. The van der Waals surface area contributed by atoms with Crippen LogP contribution in [0.2, 0.25) is 0 Å². The molecule has 0 atom stereocenters. The first kappa shape index (κ1) is 18.1. The summed E-state index contributed by atoms with van der Waals surface area (Å²) in [5.74, 6) is 1.05. The summed E-state index contributed by atoms with van der Waals surface area (Å²) in [6, 6.07) is 11.9. The number of ether oxygens (including phenoxy) is 2. The van der Waals surface area contributed by atoms with Crippen LogP contribution in [0.1, 0.15) is 26.3 Å². The third-order valence-corrected chi connectivity index (χ3v) is 4.83. The second-order valence-electron chi connectivity index (χ2n) is 5.13. The van der Waals surface area contributed by atoms with E-state index in [-0.39, 0.29) is 4.90 Å². The van der Waals surface area contributed by atoms with Crippen LogP contribution in [0.4, 0.5) is 5.69 Å². The highest BCUT2D eigenvalue weighted by Crippen LogP contribution is 2.31. The van der Waals surface area contributed by atoms with Gasteiger partial charge < -0.3 is 9.47 Å². The number of rotatable bonds is 8. The van der Waals surface area contributed by atoms with E-state index < -0.39 is 10.0 Å². The number of anilines is 1. The van der Waals surface area contributed by atoms with Crippen LogP contribution in [-0.2, 0) is 16.4 Å². The highest BCUT2D eigenvalue weighted by Gasteiger charge is 2.17. The zero-order chi connectivity index (χ0) is 17.6. The minimum atomic E-state index is -3.70. The molecule has 2 aromatic carbocycles. The Bertz CT molecular complexity index is 770. The standard InChI is InChI=1S/C18H23NO4S/c1-4-14-7-10-16(11-8-14)24(20,21)19-17-13-15(22-5-2)9-12-18(17)23-6-3/h7-13,19H,4-6H2,1-3H3. The van der Waals surface area contributed by atoms with Gasteiger partial charge in [0.2, 0.25) is 0 Å². The highest BCUT2D eigenvalue weighted by molar-refractivity contribution is 7.92. The largest absolute Gasteiger partial charge is 0.494 e. The minimum Gasteiger partial charge on any atom is -0.494 e. The summed E-state index contributed by atoms with van der Waals surface area (Å²) in [6.07, 6.45) is 0.860. The molecule has 5 nitrogen and oxygen atoms in total. The Morgan fingerprint density at radius 1 is 0.917 bits per heavy atom. The molecule has 2 aromatic rings. The first-order valence-corrected chi connectivity index (χ1v) is 9.49. The fraction of sp³-hybridized carbons (Fsp3) is 0.333. The second-order valence-corrected chi connectivity index (χ2v) is 6.81. The van der Waals surface area contributed by atoms with Gasteiger partial charge >= 0.3 is 0 Å². The van der Waals surface area contributed by atoms with Crippen LogP contribution in [0.5, 0.6) is 11.5 Å². The molecule has 0 fully saturated rings. The normalized spacial score (nSPS) is 11.1. The molecule has 0 aliphatic carbocycles. The van der Waals surface area contributed by atoms with Gasteiger partial charge in [-0.2, -0.15) is 0 Å². The smallest absolute Gasteiger partial charge is 0.262 e. The number of sulfonamides is 1. The van der Waals surface area contributed by atoms with Crippen LogP contribution in [0.25, 0.3) is 0 Å². The number of hydrogen-bond acceptors (Lipinski definition) is 4. The molecule has 0 aliphatic heterocycles. The van der Waals surface area contributed by atoms with Crippen LogP contribution in [0.3, 0.4) is 0 Å². The van der Waals surface area contributed by atoms with Gasteiger partial charge in [-0.1, -0.05) is 19.1 Å². The number of benzene rings is 2. The molecule has 1 N–H and O–H groups in total. The van der Waals surface area contributed by atoms with Gasteiger partial charge in [-0.15, -0.1) is 0 Å². The maximum Gasteiger partial charge on any atom is 0.262 e. The molecule has 0 saturated carbocycles. The molecule has 0 bridgehead atoms. The van der Waals surface area contributed by atoms with Crippen molar-refractivity contribution in [3.05, 3.63) is 48.0 Å². The van der Waals surface area contributed by atoms with Crippen molar-refractivity contribution in [3.8, 4) is 11.5 Å². The van der Waals surface area contributed by atoms with Crippen LogP contribution in [-0.4, -0.2) is 21.6 Å². The Labute approximate surface area is 143 Å². The lowest BCUT2D eigenvalue weighted by atomic mass is 10.2. The van der Waals surface area contributed by atoms with Crippen molar-refractivity contribution in [3.63, 3.8) is 0 Å². The molecule has 0 saturated heterocycles. The molecule has 0 spiro atoms. The van der Waals surface area contributed by atoms with Crippen molar-refractivity contribution in [2.24, 2.45) is 0 Å². The number of nitrogens with one attached hydrogen (secondary N) is 1. The van der Waals surface area contributed by atoms with E-state index in [0.717, 1.165) is 12.0 Å². The Balaban J connectivity index is 2.33. The van der Waals surface area contributed by atoms with Crippen LogP contribution in [0, 0.1) is 0 Å². The van der Waals surface area contributed by atoms with E-state index in [2.05, 4.69) is 4.72 Å². The van der Waals surface area contributed by atoms with E-state index in [9.17, 15) is 8.42 Å². The molecule has 0 aliphatic rings. The zero-order valence-corrected chi connectivity index (χ0v) is 15.0. The van der Waals surface area contributed by atoms with E-state index in [0.29, 0.717) is 30.4 Å². The molecule has 0 aromatic heterocycles. The molecule has 0 radical (unpaired) electrons. The van der Waals surface area contributed by atoms with Crippen molar-refractivity contribution in [1.82, 2.24) is 0 Å². The van der Waals surface area contributed by atoms with Gasteiger partial charge in [-0.05, 0) is 50.1 Å². The molecular weight excluding hydrogens is 326 g/mol. The maximum absolute atomic E-state index is 12.6. The summed E-state index contributed by atoms with van der Waals surface area (Å²) >= 11 is 0. The number of hydrogen-bond donors (Lipinski definition) is 1. The van der Waals surface area contributed by atoms with Crippen molar-refractivity contribution in [1.29, 1.82) is 0 Å². The first-order valence-electron chi connectivity index (χ1n) is 8.01. The molecule has 0 unspecified atom stereocenters. The fourth-order valence-corrected chi connectivity index (χ4v) is 3.30. The molecule has 0 heterocycles. The van der Waals surface area contributed by atoms with E-state index >= 15 is 0 Å².